The van der Waals surface area contributed by atoms with Crippen LogP contribution in [0.2, 0.25) is 0 Å². The van der Waals surface area contributed by atoms with Crippen molar-refractivity contribution in [1.82, 2.24) is 20.7 Å². The first-order chi connectivity index (χ1) is 13.7. The third-order valence-electron chi connectivity index (χ3n) is 5.56. The van der Waals surface area contributed by atoms with E-state index in [0.29, 0.717) is 34.7 Å². The average Bonchev–Trinajstić information content (AvgIpc) is 3.08. The molecule has 2 fully saturated rings. The Balaban J connectivity index is 1.59. The molecule has 10 nitrogen and oxygen atoms in total. The standard InChI is InChI=1S/C19H26N4O6/c1-10-14(12(3)24)11(2)20-15(10)16(26)29-9-13(25)22-23-17(27)19(21-18(23)28)7-5-4-6-8-19/h12,20,24H,4-9H2,1-3H3,(H,21,28)(H,22,25)/t12-/m0/s1. The number of esters is 1. The van der Waals surface area contributed by atoms with Crippen LogP contribution in [0.1, 0.15) is 72.4 Å². The Morgan fingerprint density at radius 1 is 1.24 bits per heavy atom. The van der Waals surface area contributed by atoms with Crippen LogP contribution in [-0.4, -0.2) is 51.1 Å². The maximum atomic E-state index is 12.6. The van der Waals surface area contributed by atoms with E-state index in [4.69, 9.17) is 4.74 Å². The number of H-pyrrole nitrogens is 1. The number of urea groups is 1. The number of rotatable bonds is 5. The number of imide groups is 1. The van der Waals surface area contributed by atoms with Crippen LogP contribution in [0.5, 0.6) is 0 Å². The van der Waals surface area contributed by atoms with E-state index in [1.165, 1.54) is 0 Å². The number of hydrazine groups is 1. The van der Waals surface area contributed by atoms with Gasteiger partial charge in [-0.15, -0.1) is 0 Å². The van der Waals surface area contributed by atoms with Crippen molar-refractivity contribution in [1.29, 1.82) is 0 Å². The van der Waals surface area contributed by atoms with E-state index in [2.05, 4.69) is 15.7 Å². The quantitative estimate of drug-likeness (QED) is 0.427. The lowest BCUT2D eigenvalue weighted by molar-refractivity contribution is -0.140. The number of ether oxygens (including phenoxy) is 1. The van der Waals surface area contributed by atoms with Crippen LogP contribution in [0, 0.1) is 13.8 Å². The van der Waals surface area contributed by atoms with Crippen molar-refractivity contribution in [2.24, 2.45) is 0 Å². The minimum Gasteiger partial charge on any atom is -0.451 e. The van der Waals surface area contributed by atoms with Gasteiger partial charge in [0.05, 0.1) is 6.10 Å². The third kappa shape index (κ3) is 3.84. The van der Waals surface area contributed by atoms with Crippen molar-refractivity contribution in [2.45, 2.75) is 64.5 Å². The fourth-order valence-electron chi connectivity index (χ4n) is 4.17. The Kier molecular flexibility index (Phi) is 5.65. The molecule has 158 valence electrons. The molecule has 2 aliphatic rings. The van der Waals surface area contributed by atoms with Crippen molar-refractivity contribution in [3.63, 3.8) is 0 Å². The second kappa shape index (κ2) is 7.86. The molecule has 29 heavy (non-hydrogen) atoms. The molecule has 1 aromatic rings. The summed E-state index contributed by atoms with van der Waals surface area (Å²) < 4.78 is 5.00. The van der Waals surface area contributed by atoms with Gasteiger partial charge in [0.15, 0.2) is 6.61 Å². The highest BCUT2D eigenvalue weighted by molar-refractivity contribution is 6.08. The van der Waals surface area contributed by atoms with Gasteiger partial charge < -0.3 is 20.1 Å². The number of aliphatic hydroxyl groups is 1. The molecule has 2 heterocycles. The Morgan fingerprint density at radius 3 is 2.48 bits per heavy atom. The Hall–Kier alpha value is -2.88. The molecule has 0 aromatic carbocycles. The zero-order valence-corrected chi connectivity index (χ0v) is 16.8. The van der Waals surface area contributed by atoms with Crippen LogP contribution < -0.4 is 10.7 Å². The van der Waals surface area contributed by atoms with Gasteiger partial charge in [0, 0.05) is 11.3 Å². The molecule has 1 aliphatic heterocycles. The highest BCUT2D eigenvalue weighted by Gasteiger charge is 2.52. The maximum Gasteiger partial charge on any atom is 0.355 e. The number of amides is 4. The van der Waals surface area contributed by atoms with E-state index >= 15 is 0 Å². The molecule has 1 atom stereocenters. The fourth-order valence-corrected chi connectivity index (χ4v) is 4.17. The summed E-state index contributed by atoms with van der Waals surface area (Å²) in [6, 6.07) is -0.686. The molecule has 1 aromatic heterocycles. The van der Waals surface area contributed by atoms with Crippen molar-refractivity contribution < 1.29 is 29.0 Å². The first-order valence-corrected chi connectivity index (χ1v) is 9.67. The van der Waals surface area contributed by atoms with E-state index in [1.807, 2.05) is 0 Å². The number of nitrogens with one attached hydrogen (secondary N) is 3. The first kappa shape index (κ1) is 20.8. The normalized spacial score (nSPS) is 19.2. The predicted molar refractivity (Wildman–Crippen MR) is 101 cm³/mol. The zero-order valence-electron chi connectivity index (χ0n) is 16.8. The van der Waals surface area contributed by atoms with Gasteiger partial charge in [-0.05, 0) is 39.2 Å². The number of aryl methyl sites for hydroxylation is 1. The summed E-state index contributed by atoms with van der Waals surface area (Å²) in [5, 5.41) is 13.1. The summed E-state index contributed by atoms with van der Waals surface area (Å²) in [7, 11) is 0. The highest BCUT2D eigenvalue weighted by atomic mass is 16.5. The van der Waals surface area contributed by atoms with Gasteiger partial charge in [-0.2, -0.15) is 5.01 Å². The van der Waals surface area contributed by atoms with Gasteiger partial charge in [0.1, 0.15) is 11.2 Å². The maximum absolute atomic E-state index is 12.6. The number of carbonyl (C=O) groups excluding carboxylic acids is 4. The highest BCUT2D eigenvalue weighted by Crippen LogP contribution is 2.33. The number of aromatic nitrogens is 1. The third-order valence-corrected chi connectivity index (χ3v) is 5.56. The molecular weight excluding hydrogens is 380 g/mol. The van der Waals surface area contributed by atoms with E-state index < -0.39 is 42.1 Å². The number of hydrogen-bond donors (Lipinski definition) is 4. The number of hydrogen-bond acceptors (Lipinski definition) is 6. The van der Waals surface area contributed by atoms with Gasteiger partial charge in [-0.3, -0.25) is 15.0 Å². The second-order valence-corrected chi connectivity index (χ2v) is 7.66. The summed E-state index contributed by atoms with van der Waals surface area (Å²) >= 11 is 0. The summed E-state index contributed by atoms with van der Waals surface area (Å²) in [4.78, 5) is 52.1. The molecule has 4 amide bonds. The number of nitrogens with zero attached hydrogens (tertiary/aromatic N) is 1. The van der Waals surface area contributed by atoms with E-state index in [1.54, 1.807) is 20.8 Å². The average molecular weight is 406 g/mol. The monoisotopic (exact) mass is 406 g/mol. The smallest absolute Gasteiger partial charge is 0.355 e. The van der Waals surface area contributed by atoms with E-state index in [-0.39, 0.29) is 5.69 Å². The Labute approximate surface area is 167 Å². The van der Waals surface area contributed by atoms with E-state index in [0.717, 1.165) is 19.3 Å². The molecular formula is C19H26N4O6. The van der Waals surface area contributed by atoms with E-state index in [9.17, 15) is 24.3 Å². The molecule has 1 saturated heterocycles. The lowest BCUT2D eigenvalue weighted by Crippen LogP contribution is -2.51. The summed E-state index contributed by atoms with van der Waals surface area (Å²) in [5.41, 5.74) is 3.17. The van der Waals surface area contributed by atoms with Crippen LogP contribution in [0.3, 0.4) is 0 Å². The Morgan fingerprint density at radius 2 is 1.90 bits per heavy atom. The number of carbonyl (C=O) groups is 4. The van der Waals surface area contributed by atoms with Crippen molar-refractivity contribution >= 4 is 23.8 Å². The predicted octanol–water partition coefficient (Wildman–Crippen LogP) is 1.13. The van der Waals surface area contributed by atoms with Crippen LogP contribution in [0.25, 0.3) is 0 Å². The molecule has 0 radical (unpaired) electrons. The Bertz CT molecular complexity index is 853. The molecule has 0 bridgehead atoms. The number of aliphatic hydroxyl groups excluding tert-OH is 1. The molecule has 10 heteroatoms. The molecule has 1 spiro atoms. The number of aromatic amines is 1. The molecule has 4 N–H and O–H groups in total. The van der Waals surface area contributed by atoms with Gasteiger partial charge in [-0.1, -0.05) is 19.3 Å². The van der Waals surface area contributed by atoms with Crippen molar-refractivity contribution in [2.75, 3.05) is 6.61 Å². The molecule has 0 unspecified atom stereocenters. The zero-order chi connectivity index (χ0) is 21.3. The minimum absolute atomic E-state index is 0.141. The van der Waals surface area contributed by atoms with Crippen molar-refractivity contribution in [3.8, 4) is 0 Å². The SMILES string of the molecule is Cc1[nH]c(C(=O)OCC(=O)NN2C(=O)NC3(CCCCC3)C2=O)c(C)c1[C@H](C)O. The van der Waals surface area contributed by atoms with Crippen LogP contribution in [-0.2, 0) is 14.3 Å². The van der Waals surface area contributed by atoms with Crippen LogP contribution in [0.15, 0.2) is 0 Å². The first-order valence-electron chi connectivity index (χ1n) is 9.67. The van der Waals surface area contributed by atoms with Gasteiger partial charge in [0.25, 0.3) is 11.8 Å². The van der Waals surface area contributed by atoms with Gasteiger partial charge in [0.2, 0.25) is 0 Å². The summed E-state index contributed by atoms with van der Waals surface area (Å²) in [6.07, 6.45) is 2.97. The van der Waals surface area contributed by atoms with Crippen LogP contribution >= 0.6 is 0 Å². The second-order valence-electron chi connectivity index (χ2n) is 7.66. The minimum atomic E-state index is -0.949. The lowest BCUT2D eigenvalue weighted by atomic mass is 9.82. The van der Waals surface area contributed by atoms with Gasteiger partial charge >= 0.3 is 12.0 Å². The topological polar surface area (TPSA) is 141 Å². The molecule has 3 rings (SSSR count). The van der Waals surface area contributed by atoms with Gasteiger partial charge in [-0.25, -0.2) is 9.59 Å². The largest absolute Gasteiger partial charge is 0.451 e. The summed E-state index contributed by atoms with van der Waals surface area (Å²) in [6.45, 7) is 4.31. The van der Waals surface area contributed by atoms with Crippen LogP contribution in [0.4, 0.5) is 4.79 Å². The molecule has 1 saturated carbocycles. The molecule has 1 aliphatic carbocycles. The lowest BCUT2D eigenvalue weighted by Gasteiger charge is -2.30. The fraction of sp³-hybridized carbons (Fsp3) is 0.579. The summed E-state index contributed by atoms with van der Waals surface area (Å²) in [5.74, 6) is -2.06. The van der Waals surface area contributed by atoms with Crippen molar-refractivity contribution in [3.05, 3.63) is 22.5 Å².